The lowest BCUT2D eigenvalue weighted by Gasteiger charge is -2.11. The summed E-state index contributed by atoms with van der Waals surface area (Å²) in [5.41, 5.74) is 3.63. The van der Waals surface area contributed by atoms with Crippen LogP contribution in [-0.2, 0) is 6.42 Å². The molecule has 0 spiro atoms. The molecule has 2 aromatic rings. The number of hydrogen-bond donors (Lipinski definition) is 0. The predicted molar refractivity (Wildman–Crippen MR) is 85.3 cm³/mol. The third kappa shape index (κ3) is 3.59. The van der Waals surface area contributed by atoms with E-state index in [4.69, 9.17) is 11.6 Å². The number of aryl methyl sites for hydroxylation is 1. The lowest BCUT2D eigenvalue weighted by atomic mass is 10.0. The zero-order valence-electron chi connectivity index (χ0n) is 9.96. The number of halogens is 3. The molecule has 18 heavy (non-hydrogen) atoms. The maximum absolute atomic E-state index is 6.48. The first-order chi connectivity index (χ1) is 8.56. The van der Waals surface area contributed by atoms with E-state index in [1.54, 1.807) is 0 Å². The van der Waals surface area contributed by atoms with Gasteiger partial charge in [0.2, 0.25) is 0 Å². The van der Waals surface area contributed by atoms with Crippen molar-refractivity contribution in [3.63, 3.8) is 0 Å². The van der Waals surface area contributed by atoms with E-state index in [1.807, 2.05) is 12.1 Å². The maximum Gasteiger partial charge on any atom is 0.0625 e. The molecule has 0 aliphatic rings. The van der Waals surface area contributed by atoms with E-state index >= 15 is 0 Å². The minimum absolute atomic E-state index is 0.0120. The first-order valence-electron chi connectivity index (χ1n) is 5.71. The Morgan fingerprint density at radius 1 is 1.06 bits per heavy atom. The average molecular weight is 389 g/mol. The molecule has 0 amide bonds. The SMILES string of the molecule is Cc1cc(C(Cl)Cc2ccc(Br)cc2)ccc1Br. The zero-order chi connectivity index (χ0) is 13.1. The Hall–Kier alpha value is -0.310. The van der Waals surface area contributed by atoms with Crippen LogP contribution in [0.2, 0.25) is 0 Å². The lowest BCUT2D eigenvalue weighted by Crippen LogP contribution is -1.96. The van der Waals surface area contributed by atoms with E-state index in [2.05, 4.69) is 69.1 Å². The minimum Gasteiger partial charge on any atom is -0.117 e. The van der Waals surface area contributed by atoms with Gasteiger partial charge in [0.1, 0.15) is 0 Å². The number of hydrogen-bond acceptors (Lipinski definition) is 0. The third-order valence-electron chi connectivity index (χ3n) is 2.87. The van der Waals surface area contributed by atoms with Crippen molar-refractivity contribution in [2.45, 2.75) is 18.7 Å². The summed E-state index contributed by atoms with van der Waals surface area (Å²) in [5, 5.41) is 0.0120. The van der Waals surface area contributed by atoms with Crippen LogP contribution in [0.3, 0.4) is 0 Å². The largest absolute Gasteiger partial charge is 0.117 e. The van der Waals surface area contributed by atoms with E-state index in [0.717, 1.165) is 15.4 Å². The van der Waals surface area contributed by atoms with Crippen LogP contribution in [0.15, 0.2) is 51.4 Å². The Morgan fingerprint density at radius 2 is 1.72 bits per heavy atom. The molecule has 0 fully saturated rings. The minimum atomic E-state index is 0.0120. The molecule has 0 N–H and O–H groups in total. The van der Waals surface area contributed by atoms with Crippen molar-refractivity contribution in [3.05, 3.63) is 68.1 Å². The van der Waals surface area contributed by atoms with Gasteiger partial charge in [-0.25, -0.2) is 0 Å². The second-order valence-electron chi connectivity index (χ2n) is 4.31. The van der Waals surface area contributed by atoms with Crippen molar-refractivity contribution in [1.82, 2.24) is 0 Å². The summed E-state index contributed by atoms with van der Waals surface area (Å²) >= 11 is 13.4. The normalized spacial score (nSPS) is 12.4. The molecule has 1 unspecified atom stereocenters. The Kier molecular flexibility index (Phi) is 4.88. The molecule has 2 rings (SSSR count). The highest BCUT2D eigenvalue weighted by molar-refractivity contribution is 9.10. The highest BCUT2D eigenvalue weighted by Crippen LogP contribution is 2.28. The van der Waals surface area contributed by atoms with Crippen LogP contribution in [0, 0.1) is 6.92 Å². The van der Waals surface area contributed by atoms with Gasteiger partial charge in [0.05, 0.1) is 5.38 Å². The van der Waals surface area contributed by atoms with Crippen LogP contribution >= 0.6 is 43.5 Å². The molecule has 0 aromatic heterocycles. The van der Waals surface area contributed by atoms with Gasteiger partial charge in [0.25, 0.3) is 0 Å². The number of benzene rings is 2. The van der Waals surface area contributed by atoms with E-state index in [9.17, 15) is 0 Å². The first-order valence-corrected chi connectivity index (χ1v) is 7.73. The molecular weight excluding hydrogens is 375 g/mol. The molecule has 0 aliphatic carbocycles. The van der Waals surface area contributed by atoms with Gasteiger partial charge in [0.15, 0.2) is 0 Å². The first kappa shape index (κ1) is 14.1. The molecule has 0 bridgehead atoms. The molecule has 94 valence electrons. The molecular formula is C15H13Br2Cl. The van der Waals surface area contributed by atoms with Crippen molar-refractivity contribution in [1.29, 1.82) is 0 Å². The van der Waals surface area contributed by atoms with Crippen LogP contribution < -0.4 is 0 Å². The summed E-state index contributed by atoms with van der Waals surface area (Å²) in [7, 11) is 0. The Balaban J connectivity index is 2.13. The van der Waals surface area contributed by atoms with E-state index < -0.39 is 0 Å². The monoisotopic (exact) mass is 386 g/mol. The average Bonchev–Trinajstić information content (AvgIpc) is 2.35. The number of alkyl halides is 1. The second-order valence-corrected chi connectivity index (χ2v) is 6.60. The smallest absolute Gasteiger partial charge is 0.0625 e. The number of rotatable bonds is 3. The van der Waals surface area contributed by atoms with E-state index in [1.165, 1.54) is 16.7 Å². The van der Waals surface area contributed by atoms with Crippen molar-refractivity contribution >= 4 is 43.5 Å². The lowest BCUT2D eigenvalue weighted by molar-refractivity contribution is 0.917. The van der Waals surface area contributed by atoms with Gasteiger partial charge in [-0.05, 0) is 48.2 Å². The highest BCUT2D eigenvalue weighted by Gasteiger charge is 2.10. The molecule has 0 nitrogen and oxygen atoms in total. The fourth-order valence-electron chi connectivity index (χ4n) is 1.81. The summed E-state index contributed by atoms with van der Waals surface area (Å²) in [6.45, 7) is 2.08. The molecule has 3 heteroatoms. The summed E-state index contributed by atoms with van der Waals surface area (Å²) < 4.78 is 2.22. The van der Waals surface area contributed by atoms with Crippen molar-refractivity contribution in [2.24, 2.45) is 0 Å². The van der Waals surface area contributed by atoms with Gasteiger partial charge >= 0.3 is 0 Å². The van der Waals surface area contributed by atoms with Gasteiger partial charge in [0, 0.05) is 8.95 Å². The highest BCUT2D eigenvalue weighted by atomic mass is 79.9. The van der Waals surface area contributed by atoms with Gasteiger partial charge < -0.3 is 0 Å². The summed E-state index contributed by atoms with van der Waals surface area (Å²) in [4.78, 5) is 0. The summed E-state index contributed by atoms with van der Waals surface area (Å²) in [6, 6.07) is 14.6. The van der Waals surface area contributed by atoms with Gasteiger partial charge in [-0.3, -0.25) is 0 Å². The second kappa shape index (κ2) is 6.23. The molecule has 2 aromatic carbocycles. The van der Waals surface area contributed by atoms with E-state index in [-0.39, 0.29) is 5.38 Å². The van der Waals surface area contributed by atoms with Crippen molar-refractivity contribution in [2.75, 3.05) is 0 Å². The fourth-order valence-corrected chi connectivity index (χ4v) is 2.63. The van der Waals surface area contributed by atoms with Gasteiger partial charge in [-0.1, -0.05) is 56.1 Å². The Bertz CT molecular complexity index is 535. The van der Waals surface area contributed by atoms with Gasteiger partial charge in [-0.15, -0.1) is 11.6 Å². The van der Waals surface area contributed by atoms with Crippen molar-refractivity contribution in [3.8, 4) is 0 Å². The van der Waals surface area contributed by atoms with Crippen LogP contribution in [0.25, 0.3) is 0 Å². The van der Waals surface area contributed by atoms with E-state index in [0.29, 0.717) is 0 Å². The third-order valence-corrected chi connectivity index (χ3v) is 4.70. The summed E-state index contributed by atoms with van der Waals surface area (Å²) in [5.74, 6) is 0. The van der Waals surface area contributed by atoms with Crippen LogP contribution in [-0.4, -0.2) is 0 Å². The zero-order valence-corrected chi connectivity index (χ0v) is 13.9. The van der Waals surface area contributed by atoms with Gasteiger partial charge in [-0.2, -0.15) is 0 Å². The van der Waals surface area contributed by atoms with Crippen LogP contribution in [0.1, 0.15) is 22.1 Å². The topological polar surface area (TPSA) is 0 Å². The Labute approximate surface area is 130 Å². The predicted octanol–water partition coefficient (Wildman–Crippen LogP) is 6.04. The quantitative estimate of drug-likeness (QED) is 0.562. The maximum atomic E-state index is 6.48. The molecule has 0 saturated heterocycles. The van der Waals surface area contributed by atoms with Crippen LogP contribution in [0.5, 0.6) is 0 Å². The van der Waals surface area contributed by atoms with Crippen LogP contribution in [0.4, 0.5) is 0 Å². The Morgan fingerprint density at radius 3 is 2.33 bits per heavy atom. The molecule has 0 radical (unpaired) electrons. The van der Waals surface area contributed by atoms with Crippen molar-refractivity contribution < 1.29 is 0 Å². The molecule has 0 aliphatic heterocycles. The fraction of sp³-hybridized carbons (Fsp3) is 0.200. The summed E-state index contributed by atoms with van der Waals surface area (Å²) in [6.07, 6.45) is 0.843. The molecule has 1 atom stereocenters. The molecule has 0 saturated carbocycles. The standard InChI is InChI=1S/C15H13Br2Cl/c1-10-8-12(4-7-14(10)17)15(18)9-11-2-5-13(16)6-3-11/h2-8,15H,9H2,1H3. The molecule has 0 heterocycles.